The standard InChI is InChI=1S/C24H28N2O4/c1-26(2)22-13-15(22)11-12-21(23(27)28)25-24(29)30-14-20-18-9-5-3-7-16(18)17-8-4-6-10-19(17)20/h3-10,15,20-22H,11-14H2,1-2H3,(H,25,29)(H,27,28)/t15?,21-,22?/m0/s1. The zero-order valence-electron chi connectivity index (χ0n) is 17.4. The molecule has 6 nitrogen and oxygen atoms in total. The second kappa shape index (κ2) is 8.48. The van der Waals surface area contributed by atoms with Gasteiger partial charge in [0.25, 0.3) is 0 Å². The molecule has 0 bridgehead atoms. The Morgan fingerprint density at radius 2 is 1.70 bits per heavy atom. The van der Waals surface area contributed by atoms with Crippen molar-refractivity contribution in [2.45, 2.75) is 37.3 Å². The van der Waals surface area contributed by atoms with Gasteiger partial charge in [0.2, 0.25) is 0 Å². The predicted octanol–water partition coefficient (Wildman–Crippen LogP) is 3.71. The molecule has 158 valence electrons. The van der Waals surface area contributed by atoms with Gasteiger partial charge in [-0.25, -0.2) is 9.59 Å². The van der Waals surface area contributed by atoms with Gasteiger partial charge >= 0.3 is 12.1 Å². The normalized spacial score (nSPS) is 20.4. The molecule has 0 aromatic heterocycles. The summed E-state index contributed by atoms with van der Waals surface area (Å²) in [5.41, 5.74) is 4.57. The second-order valence-corrected chi connectivity index (χ2v) is 8.46. The first-order valence-electron chi connectivity index (χ1n) is 10.5. The van der Waals surface area contributed by atoms with Crippen molar-refractivity contribution < 1.29 is 19.4 Å². The summed E-state index contributed by atoms with van der Waals surface area (Å²) in [5.74, 6) is -0.560. The fraction of sp³-hybridized carbons (Fsp3) is 0.417. The lowest BCUT2D eigenvalue weighted by atomic mass is 9.98. The molecular weight excluding hydrogens is 380 g/mol. The Labute approximate surface area is 176 Å². The van der Waals surface area contributed by atoms with Gasteiger partial charge in [0.1, 0.15) is 12.6 Å². The van der Waals surface area contributed by atoms with Crippen LogP contribution in [0, 0.1) is 5.92 Å². The van der Waals surface area contributed by atoms with E-state index in [0.29, 0.717) is 18.4 Å². The van der Waals surface area contributed by atoms with E-state index in [-0.39, 0.29) is 12.5 Å². The molecule has 0 heterocycles. The molecule has 2 aromatic carbocycles. The number of nitrogens with zero attached hydrogens (tertiary/aromatic N) is 1. The highest BCUT2D eigenvalue weighted by atomic mass is 16.5. The van der Waals surface area contributed by atoms with Crippen molar-refractivity contribution in [3.63, 3.8) is 0 Å². The first-order valence-corrected chi connectivity index (χ1v) is 10.5. The van der Waals surface area contributed by atoms with Crippen molar-refractivity contribution in [1.82, 2.24) is 10.2 Å². The number of ether oxygens (including phenoxy) is 1. The van der Waals surface area contributed by atoms with Crippen LogP contribution in [0.25, 0.3) is 11.1 Å². The van der Waals surface area contributed by atoms with Crippen LogP contribution in [0.5, 0.6) is 0 Å². The van der Waals surface area contributed by atoms with Crippen LogP contribution in [0.1, 0.15) is 36.3 Å². The molecule has 2 N–H and O–H groups in total. The van der Waals surface area contributed by atoms with Gasteiger partial charge in [-0.15, -0.1) is 0 Å². The minimum Gasteiger partial charge on any atom is -0.480 e. The number of carboxylic acid groups (broad SMARTS) is 1. The van der Waals surface area contributed by atoms with Gasteiger partial charge in [-0.1, -0.05) is 48.5 Å². The molecule has 2 aliphatic rings. The molecule has 0 radical (unpaired) electrons. The van der Waals surface area contributed by atoms with Crippen LogP contribution >= 0.6 is 0 Å². The first-order chi connectivity index (χ1) is 14.5. The molecule has 1 amide bonds. The maximum atomic E-state index is 12.4. The van der Waals surface area contributed by atoms with E-state index in [2.05, 4.69) is 34.5 Å². The Kier molecular flexibility index (Phi) is 5.77. The van der Waals surface area contributed by atoms with E-state index in [0.717, 1.165) is 35.1 Å². The molecule has 0 spiro atoms. The zero-order valence-corrected chi connectivity index (χ0v) is 17.4. The molecule has 2 aliphatic carbocycles. The Balaban J connectivity index is 1.34. The lowest BCUT2D eigenvalue weighted by Crippen LogP contribution is -2.41. The van der Waals surface area contributed by atoms with E-state index in [4.69, 9.17) is 4.74 Å². The van der Waals surface area contributed by atoms with Crippen molar-refractivity contribution in [3.05, 3.63) is 59.7 Å². The van der Waals surface area contributed by atoms with Gasteiger partial charge in [0.15, 0.2) is 0 Å². The van der Waals surface area contributed by atoms with Crippen LogP contribution in [0.15, 0.2) is 48.5 Å². The number of hydrogen-bond acceptors (Lipinski definition) is 4. The number of hydrogen-bond donors (Lipinski definition) is 2. The number of benzene rings is 2. The van der Waals surface area contributed by atoms with E-state index >= 15 is 0 Å². The summed E-state index contributed by atoms with van der Waals surface area (Å²) in [6.07, 6.45) is 1.60. The van der Waals surface area contributed by atoms with Crippen LogP contribution in [0.2, 0.25) is 0 Å². The molecule has 4 rings (SSSR count). The SMILES string of the molecule is CN(C)C1CC1CC[C@H](NC(=O)OCC1c2ccccc2-c2ccccc21)C(=O)O. The van der Waals surface area contributed by atoms with E-state index in [1.807, 2.05) is 38.4 Å². The second-order valence-electron chi connectivity index (χ2n) is 8.46. The molecular formula is C24H28N2O4. The lowest BCUT2D eigenvalue weighted by Gasteiger charge is -2.17. The number of rotatable bonds is 8. The molecule has 1 fully saturated rings. The maximum Gasteiger partial charge on any atom is 0.407 e. The van der Waals surface area contributed by atoms with Crippen molar-refractivity contribution in [1.29, 1.82) is 0 Å². The van der Waals surface area contributed by atoms with Crippen LogP contribution in [0.3, 0.4) is 0 Å². The Morgan fingerprint density at radius 1 is 1.10 bits per heavy atom. The third kappa shape index (κ3) is 4.19. The molecule has 2 unspecified atom stereocenters. The van der Waals surface area contributed by atoms with Crippen LogP contribution in [-0.2, 0) is 9.53 Å². The van der Waals surface area contributed by atoms with Crippen molar-refractivity contribution in [2.75, 3.05) is 20.7 Å². The molecule has 6 heteroatoms. The third-order valence-electron chi connectivity index (χ3n) is 6.31. The van der Waals surface area contributed by atoms with E-state index in [1.54, 1.807) is 0 Å². The molecule has 30 heavy (non-hydrogen) atoms. The highest BCUT2D eigenvalue weighted by Gasteiger charge is 2.39. The molecule has 1 saturated carbocycles. The predicted molar refractivity (Wildman–Crippen MR) is 114 cm³/mol. The number of nitrogens with one attached hydrogen (secondary N) is 1. The summed E-state index contributed by atoms with van der Waals surface area (Å²) in [6, 6.07) is 15.8. The summed E-state index contributed by atoms with van der Waals surface area (Å²) in [4.78, 5) is 26.1. The fourth-order valence-corrected chi connectivity index (χ4v) is 4.59. The van der Waals surface area contributed by atoms with E-state index in [9.17, 15) is 14.7 Å². The summed E-state index contributed by atoms with van der Waals surface area (Å²) in [7, 11) is 4.07. The van der Waals surface area contributed by atoms with Gasteiger partial charge in [-0.3, -0.25) is 0 Å². The summed E-state index contributed by atoms with van der Waals surface area (Å²) in [6.45, 7) is 0.178. The Hall–Kier alpha value is -2.86. The fourth-order valence-electron chi connectivity index (χ4n) is 4.59. The van der Waals surface area contributed by atoms with Crippen molar-refractivity contribution in [2.24, 2.45) is 5.92 Å². The molecule has 0 aliphatic heterocycles. The highest BCUT2D eigenvalue weighted by molar-refractivity contribution is 5.81. The van der Waals surface area contributed by atoms with Crippen molar-refractivity contribution in [3.8, 4) is 11.1 Å². The van der Waals surface area contributed by atoms with Crippen LogP contribution in [0.4, 0.5) is 4.79 Å². The Morgan fingerprint density at radius 3 is 2.23 bits per heavy atom. The van der Waals surface area contributed by atoms with Crippen LogP contribution in [-0.4, -0.2) is 54.9 Å². The Bertz CT molecular complexity index is 897. The van der Waals surface area contributed by atoms with E-state index in [1.165, 1.54) is 0 Å². The first kappa shape index (κ1) is 20.4. The molecule has 2 aromatic rings. The van der Waals surface area contributed by atoms with Gasteiger partial charge in [0, 0.05) is 12.0 Å². The number of alkyl carbamates (subject to hydrolysis) is 1. The maximum absolute atomic E-state index is 12.4. The molecule has 3 atom stereocenters. The van der Waals surface area contributed by atoms with Gasteiger partial charge in [-0.2, -0.15) is 0 Å². The van der Waals surface area contributed by atoms with Gasteiger partial charge in [0.05, 0.1) is 0 Å². The third-order valence-corrected chi connectivity index (χ3v) is 6.31. The summed E-state index contributed by atoms with van der Waals surface area (Å²) < 4.78 is 5.48. The smallest absolute Gasteiger partial charge is 0.407 e. The quantitative estimate of drug-likeness (QED) is 0.696. The highest BCUT2D eigenvalue weighted by Crippen LogP contribution is 2.44. The minimum atomic E-state index is -1.02. The number of aliphatic carboxylic acids is 1. The van der Waals surface area contributed by atoms with Crippen molar-refractivity contribution >= 4 is 12.1 Å². The topological polar surface area (TPSA) is 78.9 Å². The minimum absolute atomic E-state index is 0.0428. The van der Waals surface area contributed by atoms with Crippen LogP contribution < -0.4 is 5.32 Å². The number of carbonyl (C=O) groups is 2. The monoisotopic (exact) mass is 408 g/mol. The number of fused-ring (bicyclic) bond motifs is 3. The zero-order chi connectivity index (χ0) is 21.3. The average molecular weight is 408 g/mol. The lowest BCUT2D eigenvalue weighted by molar-refractivity contribution is -0.139. The summed E-state index contributed by atoms with van der Waals surface area (Å²) >= 11 is 0. The van der Waals surface area contributed by atoms with Gasteiger partial charge < -0.3 is 20.1 Å². The number of amides is 1. The summed E-state index contributed by atoms with van der Waals surface area (Å²) in [5, 5.41) is 12.0. The number of carbonyl (C=O) groups excluding carboxylic acids is 1. The van der Waals surface area contributed by atoms with E-state index < -0.39 is 18.1 Å². The largest absolute Gasteiger partial charge is 0.480 e. The number of carboxylic acids is 1. The average Bonchev–Trinajstić information content (AvgIpc) is 3.45. The van der Waals surface area contributed by atoms with Gasteiger partial charge in [-0.05, 0) is 61.5 Å². The molecule has 0 saturated heterocycles.